The van der Waals surface area contributed by atoms with Crippen LogP contribution in [0.4, 0.5) is 4.79 Å². The Morgan fingerprint density at radius 2 is 1.52 bits per heavy atom. The highest BCUT2D eigenvalue weighted by atomic mass is 35.5. The lowest BCUT2D eigenvalue weighted by Gasteiger charge is -2.56. The maximum Gasteiger partial charge on any atom is 0.315 e. The topological polar surface area (TPSA) is 82.3 Å². The Bertz CT molecular complexity index is 437. The number of amides is 3. The van der Waals surface area contributed by atoms with Crippen molar-refractivity contribution in [3.8, 4) is 0 Å². The monoisotopic (exact) mass is 372 g/mol. The Hall–Kier alpha value is -1.01. The van der Waals surface area contributed by atoms with Gasteiger partial charge in [0.1, 0.15) is 0 Å². The van der Waals surface area contributed by atoms with Crippen LogP contribution in [-0.2, 0) is 4.79 Å². The molecule has 0 heterocycles. The average Bonchev–Trinajstić information content (AvgIpc) is 2.49. The molecular formula is C18H33ClN4O2. The fourth-order valence-electron chi connectivity index (χ4n) is 5.42. The lowest BCUT2D eigenvalue weighted by molar-refractivity contribution is -0.120. The van der Waals surface area contributed by atoms with Crippen LogP contribution in [0.1, 0.15) is 51.4 Å². The summed E-state index contributed by atoms with van der Waals surface area (Å²) in [6.45, 7) is 1.97. The average molecular weight is 373 g/mol. The maximum absolute atomic E-state index is 12.2. The SMILES string of the molecule is CNCCCNC(=O)CCNC(=O)NC12CC3CC(CC(C3)C1)C2.Cl. The molecule has 4 bridgehead atoms. The Morgan fingerprint density at radius 1 is 0.920 bits per heavy atom. The normalized spacial score (nSPS) is 32.0. The molecule has 4 rings (SSSR count). The van der Waals surface area contributed by atoms with Gasteiger partial charge in [-0.1, -0.05) is 0 Å². The minimum absolute atomic E-state index is 0. The number of halogens is 1. The summed E-state index contributed by atoms with van der Waals surface area (Å²) in [5, 5.41) is 12.0. The van der Waals surface area contributed by atoms with Crippen molar-refractivity contribution in [2.45, 2.75) is 56.9 Å². The van der Waals surface area contributed by atoms with Crippen molar-refractivity contribution >= 4 is 24.3 Å². The fraction of sp³-hybridized carbons (Fsp3) is 0.889. The molecule has 4 aliphatic carbocycles. The van der Waals surface area contributed by atoms with Gasteiger partial charge < -0.3 is 21.3 Å². The molecule has 144 valence electrons. The first kappa shape index (κ1) is 20.3. The number of carbonyl (C=O) groups excluding carboxylic acids is 2. The van der Waals surface area contributed by atoms with E-state index in [2.05, 4.69) is 21.3 Å². The highest BCUT2D eigenvalue weighted by molar-refractivity contribution is 5.85. The van der Waals surface area contributed by atoms with E-state index in [1.54, 1.807) is 0 Å². The van der Waals surface area contributed by atoms with E-state index in [1.807, 2.05) is 7.05 Å². The van der Waals surface area contributed by atoms with Gasteiger partial charge in [0.05, 0.1) is 0 Å². The van der Waals surface area contributed by atoms with Gasteiger partial charge in [-0.25, -0.2) is 4.79 Å². The highest BCUT2D eigenvalue weighted by Gasteiger charge is 2.51. The molecular weight excluding hydrogens is 340 g/mol. The van der Waals surface area contributed by atoms with Crippen LogP contribution in [0.15, 0.2) is 0 Å². The Balaban J connectivity index is 0.00000225. The molecule has 4 N–H and O–H groups in total. The molecule has 3 amide bonds. The van der Waals surface area contributed by atoms with E-state index in [1.165, 1.54) is 19.3 Å². The van der Waals surface area contributed by atoms with Gasteiger partial charge in [-0.2, -0.15) is 0 Å². The van der Waals surface area contributed by atoms with E-state index in [4.69, 9.17) is 0 Å². The Kier molecular flexibility index (Phi) is 7.37. The van der Waals surface area contributed by atoms with Crippen molar-refractivity contribution in [3.63, 3.8) is 0 Å². The number of nitrogens with one attached hydrogen (secondary N) is 4. The summed E-state index contributed by atoms with van der Waals surface area (Å²) >= 11 is 0. The van der Waals surface area contributed by atoms with Gasteiger partial charge in [-0.15, -0.1) is 12.4 Å². The predicted octanol–water partition coefficient (Wildman–Crippen LogP) is 1.79. The third-order valence-corrected chi connectivity index (χ3v) is 5.98. The van der Waals surface area contributed by atoms with Crippen LogP contribution in [-0.4, -0.2) is 44.2 Å². The molecule has 0 aromatic carbocycles. The number of carbonyl (C=O) groups is 2. The van der Waals surface area contributed by atoms with Crippen LogP contribution in [0.25, 0.3) is 0 Å². The van der Waals surface area contributed by atoms with Gasteiger partial charge in [-0.05, 0) is 76.3 Å². The van der Waals surface area contributed by atoms with E-state index in [0.29, 0.717) is 19.5 Å². The van der Waals surface area contributed by atoms with Crippen molar-refractivity contribution in [2.24, 2.45) is 17.8 Å². The van der Waals surface area contributed by atoms with Gasteiger partial charge in [-0.3, -0.25) is 4.79 Å². The van der Waals surface area contributed by atoms with E-state index >= 15 is 0 Å². The van der Waals surface area contributed by atoms with Crippen molar-refractivity contribution < 1.29 is 9.59 Å². The zero-order valence-electron chi connectivity index (χ0n) is 15.2. The third kappa shape index (κ3) is 5.48. The first-order valence-electron chi connectivity index (χ1n) is 9.56. The molecule has 0 unspecified atom stereocenters. The van der Waals surface area contributed by atoms with Crippen molar-refractivity contribution in [1.29, 1.82) is 0 Å². The molecule has 0 aliphatic heterocycles. The third-order valence-electron chi connectivity index (χ3n) is 5.98. The molecule has 0 saturated heterocycles. The van der Waals surface area contributed by atoms with Crippen molar-refractivity contribution in [3.05, 3.63) is 0 Å². The molecule has 0 spiro atoms. The first-order chi connectivity index (χ1) is 11.6. The van der Waals surface area contributed by atoms with Gasteiger partial charge >= 0.3 is 6.03 Å². The summed E-state index contributed by atoms with van der Waals surface area (Å²) in [5.41, 5.74) is 0.0360. The zero-order valence-corrected chi connectivity index (χ0v) is 16.1. The molecule has 7 heteroatoms. The van der Waals surface area contributed by atoms with Crippen molar-refractivity contribution in [2.75, 3.05) is 26.7 Å². The lowest BCUT2D eigenvalue weighted by atomic mass is 9.53. The summed E-state index contributed by atoms with van der Waals surface area (Å²) in [6.07, 6.45) is 8.83. The largest absolute Gasteiger partial charge is 0.356 e. The molecule has 4 aliphatic rings. The number of hydrogen-bond donors (Lipinski definition) is 4. The van der Waals surface area contributed by atoms with Gasteiger partial charge in [0.2, 0.25) is 5.91 Å². The predicted molar refractivity (Wildman–Crippen MR) is 101 cm³/mol. The molecule has 0 aromatic rings. The maximum atomic E-state index is 12.2. The molecule has 25 heavy (non-hydrogen) atoms. The number of rotatable bonds is 8. The molecule has 4 fully saturated rings. The van der Waals surface area contributed by atoms with Crippen LogP contribution >= 0.6 is 12.4 Å². The summed E-state index contributed by atoms with van der Waals surface area (Å²) in [5.74, 6) is 2.46. The summed E-state index contributed by atoms with van der Waals surface area (Å²) in [6, 6.07) is -0.0973. The number of urea groups is 1. The van der Waals surface area contributed by atoms with Crippen LogP contribution < -0.4 is 21.3 Å². The van der Waals surface area contributed by atoms with Crippen LogP contribution in [0.5, 0.6) is 0 Å². The van der Waals surface area contributed by atoms with Crippen LogP contribution in [0.3, 0.4) is 0 Å². The van der Waals surface area contributed by atoms with E-state index < -0.39 is 0 Å². The quantitative estimate of drug-likeness (QED) is 0.490. The summed E-state index contributed by atoms with van der Waals surface area (Å²) < 4.78 is 0. The molecule has 0 aromatic heterocycles. The smallest absolute Gasteiger partial charge is 0.315 e. The van der Waals surface area contributed by atoms with Gasteiger partial charge in [0.25, 0.3) is 0 Å². The first-order valence-corrected chi connectivity index (χ1v) is 9.56. The van der Waals surface area contributed by atoms with Crippen LogP contribution in [0.2, 0.25) is 0 Å². The van der Waals surface area contributed by atoms with E-state index in [-0.39, 0.29) is 29.9 Å². The van der Waals surface area contributed by atoms with Gasteiger partial charge in [0, 0.05) is 25.0 Å². The molecule has 6 nitrogen and oxygen atoms in total. The fourth-order valence-corrected chi connectivity index (χ4v) is 5.42. The van der Waals surface area contributed by atoms with Crippen LogP contribution in [0, 0.1) is 17.8 Å². The standard InChI is InChI=1S/C18H32N4O2.ClH/c1-19-4-2-5-20-16(23)3-6-21-17(24)22-18-10-13-7-14(11-18)9-15(8-13)12-18;/h13-15,19H,2-12H2,1H3,(H,20,23)(H2,21,22,24);1H. The second-order valence-corrected chi connectivity index (χ2v) is 8.14. The molecule has 0 radical (unpaired) electrons. The Morgan fingerprint density at radius 3 is 2.08 bits per heavy atom. The minimum Gasteiger partial charge on any atom is -0.356 e. The minimum atomic E-state index is -0.0973. The summed E-state index contributed by atoms with van der Waals surface area (Å²) in [4.78, 5) is 23.9. The number of hydrogen-bond acceptors (Lipinski definition) is 3. The Labute approximate surface area is 157 Å². The van der Waals surface area contributed by atoms with Crippen molar-refractivity contribution in [1.82, 2.24) is 21.3 Å². The second-order valence-electron chi connectivity index (χ2n) is 8.14. The second kappa shape index (κ2) is 9.08. The zero-order chi connectivity index (χ0) is 17.0. The molecule has 0 atom stereocenters. The van der Waals surface area contributed by atoms with E-state index in [0.717, 1.165) is 50.0 Å². The van der Waals surface area contributed by atoms with E-state index in [9.17, 15) is 9.59 Å². The highest BCUT2D eigenvalue weighted by Crippen LogP contribution is 2.55. The summed E-state index contributed by atoms with van der Waals surface area (Å²) in [7, 11) is 1.90. The van der Waals surface area contributed by atoms with Gasteiger partial charge in [0.15, 0.2) is 0 Å². The lowest BCUT2D eigenvalue weighted by Crippen LogP contribution is -2.61. The molecule has 4 saturated carbocycles.